The molecule has 0 atom stereocenters. The lowest BCUT2D eigenvalue weighted by atomic mass is 9.95. The molecule has 0 bridgehead atoms. The van der Waals surface area contributed by atoms with E-state index >= 15 is 0 Å². The molecule has 19 heavy (non-hydrogen) atoms. The van der Waals surface area contributed by atoms with Gasteiger partial charge in [0, 0.05) is 0 Å². The summed E-state index contributed by atoms with van der Waals surface area (Å²) >= 11 is 0. The average Bonchev–Trinajstić information content (AvgIpc) is 2.39. The number of rotatable bonds is 5. The van der Waals surface area contributed by atoms with Crippen LogP contribution in [0.4, 0.5) is 0 Å². The smallest absolute Gasteiger partial charge is 0.122 e. The molecule has 1 fully saturated rings. The Bertz CT molecular complexity index is 394. The van der Waals surface area contributed by atoms with Gasteiger partial charge in [0.05, 0.1) is 6.61 Å². The molecule has 1 aromatic carbocycles. The lowest BCUT2D eigenvalue weighted by Crippen LogP contribution is -2.28. The normalized spacial score (nSPS) is 16.8. The minimum absolute atomic E-state index is 0.523. The minimum Gasteiger partial charge on any atom is -0.493 e. The Kier molecular flexibility index (Phi) is 5.26. The monoisotopic (exact) mass is 261 g/mol. The molecule has 1 aliphatic heterocycles. The molecule has 0 aliphatic carbocycles. The van der Waals surface area contributed by atoms with Crippen molar-refractivity contribution in [3.63, 3.8) is 0 Å². The van der Waals surface area contributed by atoms with Crippen molar-refractivity contribution in [3.8, 4) is 5.75 Å². The third kappa shape index (κ3) is 4.24. The van der Waals surface area contributed by atoms with Crippen LogP contribution in [0.5, 0.6) is 5.75 Å². The summed E-state index contributed by atoms with van der Waals surface area (Å²) in [6, 6.07) is 6.56. The highest BCUT2D eigenvalue weighted by molar-refractivity contribution is 5.39. The Labute approximate surface area is 117 Å². The number of benzene rings is 1. The third-order valence-electron chi connectivity index (χ3n) is 4.03. The second kappa shape index (κ2) is 6.95. The number of hydrogen-bond acceptors (Lipinski definition) is 2. The summed E-state index contributed by atoms with van der Waals surface area (Å²) in [5.74, 6) is 2.45. The summed E-state index contributed by atoms with van der Waals surface area (Å²) in [5.41, 5.74) is 2.61. The number of aryl methyl sites for hydroxylation is 1. The zero-order valence-electron chi connectivity index (χ0n) is 12.5. The van der Waals surface area contributed by atoms with Crippen LogP contribution in [0.3, 0.4) is 0 Å². The Morgan fingerprint density at radius 2 is 2.00 bits per heavy atom. The van der Waals surface area contributed by atoms with Gasteiger partial charge in [-0.1, -0.05) is 26.0 Å². The first-order chi connectivity index (χ1) is 9.16. The maximum absolute atomic E-state index is 6.06. The van der Waals surface area contributed by atoms with Gasteiger partial charge in [0.2, 0.25) is 0 Å². The predicted octanol–water partition coefficient (Wildman–Crippen LogP) is 3.89. The molecule has 0 radical (unpaired) electrons. The minimum atomic E-state index is 0.523. The van der Waals surface area contributed by atoms with Gasteiger partial charge in [0.25, 0.3) is 0 Å². The van der Waals surface area contributed by atoms with Gasteiger partial charge in [0.15, 0.2) is 0 Å². The van der Waals surface area contributed by atoms with Crippen molar-refractivity contribution in [1.29, 1.82) is 0 Å². The van der Waals surface area contributed by atoms with E-state index in [4.69, 9.17) is 4.74 Å². The summed E-state index contributed by atoms with van der Waals surface area (Å²) in [7, 11) is 0. The van der Waals surface area contributed by atoms with Crippen molar-refractivity contribution < 1.29 is 4.74 Å². The average molecular weight is 261 g/mol. The van der Waals surface area contributed by atoms with Gasteiger partial charge in [-0.3, -0.25) is 0 Å². The Hall–Kier alpha value is -1.02. The van der Waals surface area contributed by atoms with Gasteiger partial charge in [-0.2, -0.15) is 0 Å². The Morgan fingerprint density at radius 1 is 1.26 bits per heavy atom. The van der Waals surface area contributed by atoms with Gasteiger partial charge in [-0.25, -0.2) is 0 Å². The van der Waals surface area contributed by atoms with Gasteiger partial charge in [0.1, 0.15) is 5.75 Å². The molecule has 0 unspecified atom stereocenters. The third-order valence-corrected chi connectivity index (χ3v) is 4.03. The van der Waals surface area contributed by atoms with E-state index in [0.717, 1.165) is 18.3 Å². The molecule has 1 saturated heterocycles. The molecular formula is C17H27NO. The second-order valence-electron chi connectivity index (χ2n) is 6.03. The van der Waals surface area contributed by atoms with Crippen LogP contribution in [0, 0.1) is 12.8 Å². The van der Waals surface area contributed by atoms with Crippen LogP contribution in [0.1, 0.15) is 50.2 Å². The van der Waals surface area contributed by atoms with E-state index in [-0.39, 0.29) is 0 Å². The van der Waals surface area contributed by atoms with Crippen molar-refractivity contribution >= 4 is 0 Å². The van der Waals surface area contributed by atoms with Crippen molar-refractivity contribution in [2.75, 3.05) is 19.7 Å². The highest BCUT2D eigenvalue weighted by Crippen LogP contribution is 2.28. The van der Waals surface area contributed by atoms with Crippen molar-refractivity contribution in [1.82, 2.24) is 5.32 Å². The number of ether oxygens (including phenoxy) is 1. The molecule has 0 amide bonds. The van der Waals surface area contributed by atoms with Crippen molar-refractivity contribution in [2.24, 2.45) is 5.92 Å². The highest BCUT2D eigenvalue weighted by atomic mass is 16.5. The van der Waals surface area contributed by atoms with Crippen LogP contribution < -0.4 is 10.1 Å². The number of hydrogen-bond donors (Lipinski definition) is 1. The van der Waals surface area contributed by atoms with E-state index in [9.17, 15) is 0 Å². The quantitative estimate of drug-likeness (QED) is 0.868. The van der Waals surface area contributed by atoms with E-state index in [2.05, 4.69) is 44.3 Å². The van der Waals surface area contributed by atoms with Gasteiger partial charge >= 0.3 is 0 Å². The highest BCUT2D eigenvalue weighted by Gasteiger charge is 2.13. The molecule has 1 heterocycles. The van der Waals surface area contributed by atoms with E-state index in [1.807, 2.05) is 0 Å². The van der Waals surface area contributed by atoms with Crippen LogP contribution in [0.2, 0.25) is 0 Å². The number of piperidine rings is 1. The molecule has 2 rings (SSSR count). The fourth-order valence-electron chi connectivity index (χ4n) is 2.75. The molecule has 106 valence electrons. The summed E-state index contributed by atoms with van der Waals surface area (Å²) in [5, 5.41) is 3.41. The summed E-state index contributed by atoms with van der Waals surface area (Å²) in [6.07, 6.45) is 3.79. The lowest BCUT2D eigenvalue weighted by molar-refractivity contribution is 0.249. The van der Waals surface area contributed by atoms with Crippen LogP contribution in [-0.2, 0) is 0 Å². The molecular weight excluding hydrogens is 234 g/mol. The van der Waals surface area contributed by atoms with Crippen LogP contribution in [0.15, 0.2) is 18.2 Å². The topological polar surface area (TPSA) is 21.3 Å². The molecule has 1 aliphatic rings. The Morgan fingerprint density at radius 3 is 2.68 bits per heavy atom. The van der Waals surface area contributed by atoms with Crippen molar-refractivity contribution in [3.05, 3.63) is 29.3 Å². The SMILES string of the molecule is Cc1ccc(C(C)C)c(OCCC2CCNCC2)c1. The van der Waals surface area contributed by atoms with Crippen LogP contribution in [-0.4, -0.2) is 19.7 Å². The van der Waals surface area contributed by atoms with Crippen LogP contribution >= 0.6 is 0 Å². The van der Waals surface area contributed by atoms with Gasteiger partial charge in [-0.05, 0) is 68.3 Å². The predicted molar refractivity (Wildman–Crippen MR) is 81.0 cm³/mol. The molecule has 1 aromatic rings. The molecule has 0 saturated carbocycles. The number of nitrogens with one attached hydrogen (secondary N) is 1. The first-order valence-corrected chi connectivity index (χ1v) is 7.61. The van der Waals surface area contributed by atoms with Crippen molar-refractivity contribution in [2.45, 2.75) is 46.0 Å². The first-order valence-electron chi connectivity index (χ1n) is 7.61. The molecule has 1 N–H and O–H groups in total. The lowest BCUT2D eigenvalue weighted by Gasteiger charge is -2.23. The molecule has 2 nitrogen and oxygen atoms in total. The zero-order valence-corrected chi connectivity index (χ0v) is 12.5. The fourth-order valence-corrected chi connectivity index (χ4v) is 2.75. The Balaban J connectivity index is 1.89. The summed E-state index contributed by atoms with van der Waals surface area (Å²) < 4.78 is 6.06. The molecule has 0 spiro atoms. The fraction of sp³-hybridized carbons (Fsp3) is 0.647. The standard InChI is InChI=1S/C17H27NO/c1-13(2)16-5-4-14(3)12-17(16)19-11-8-15-6-9-18-10-7-15/h4-5,12-13,15,18H,6-11H2,1-3H3. The largest absolute Gasteiger partial charge is 0.493 e. The molecule has 0 aromatic heterocycles. The maximum atomic E-state index is 6.06. The molecule has 2 heteroatoms. The zero-order chi connectivity index (χ0) is 13.7. The van der Waals surface area contributed by atoms with Gasteiger partial charge < -0.3 is 10.1 Å². The van der Waals surface area contributed by atoms with E-state index in [1.54, 1.807) is 0 Å². The maximum Gasteiger partial charge on any atom is 0.122 e. The van der Waals surface area contributed by atoms with Crippen LogP contribution in [0.25, 0.3) is 0 Å². The van der Waals surface area contributed by atoms with Gasteiger partial charge in [-0.15, -0.1) is 0 Å². The first kappa shape index (κ1) is 14.4. The van der Waals surface area contributed by atoms with E-state index in [0.29, 0.717) is 5.92 Å². The van der Waals surface area contributed by atoms with E-state index in [1.165, 1.54) is 43.5 Å². The summed E-state index contributed by atoms with van der Waals surface area (Å²) in [6.45, 7) is 9.78. The summed E-state index contributed by atoms with van der Waals surface area (Å²) in [4.78, 5) is 0. The second-order valence-corrected chi connectivity index (χ2v) is 6.03. The van der Waals surface area contributed by atoms with E-state index < -0.39 is 0 Å².